The Balaban J connectivity index is 1.10. The van der Waals surface area contributed by atoms with Gasteiger partial charge in [0.15, 0.2) is 29.0 Å². The quantitative estimate of drug-likeness (QED) is 0.0800. The van der Waals surface area contributed by atoms with E-state index in [0.29, 0.717) is 12.2 Å². The van der Waals surface area contributed by atoms with E-state index in [0.717, 1.165) is 43.5 Å². The van der Waals surface area contributed by atoms with Gasteiger partial charge in [-0.3, -0.25) is 28.8 Å². The number of hydrogen-bond acceptors (Lipinski definition) is 20. The molecule has 7 heterocycles. The van der Waals surface area contributed by atoms with E-state index in [-0.39, 0.29) is 108 Å². The van der Waals surface area contributed by atoms with Crippen molar-refractivity contribution in [3.63, 3.8) is 0 Å². The molecule has 17 bridgehead atoms. The number of rotatable bonds is 4. The minimum Gasteiger partial charge on any atom is -0.508 e. The Kier molecular flexibility index (Phi) is 15.9. The van der Waals surface area contributed by atoms with Gasteiger partial charge in [-0.2, -0.15) is 0 Å². The number of aliphatic hydroxyl groups is 1. The van der Waals surface area contributed by atoms with Crippen LogP contribution in [-0.4, -0.2) is 111 Å². The second-order valence-electron chi connectivity index (χ2n) is 21.5. The Morgan fingerprint density at radius 2 is 1.17 bits per heavy atom. The van der Waals surface area contributed by atoms with Crippen molar-refractivity contribution in [3.05, 3.63) is 164 Å². The van der Waals surface area contributed by atoms with E-state index in [1.807, 2.05) is 0 Å². The molecule has 0 unspecified atom stereocenters. The molecular weight excluding hydrogens is 1220 g/mol. The maximum atomic E-state index is 16.0. The summed E-state index contributed by atoms with van der Waals surface area (Å²) in [5.41, 5.74) is 5.09. The van der Waals surface area contributed by atoms with E-state index < -0.39 is 125 Å². The molecule has 0 radical (unpaired) electrons. The zero-order valence-electron chi connectivity index (χ0n) is 46.6. The number of aliphatic hydroxyl groups excluding tert-OH is 1. The van der Waals surface area contributed by atoms with Gasteiger partial charge < -0.3 is 96.7 Å². The van der Waals surface area contributed by atoms with E-state index in [9.17, 15) is 45.0 Å². The number of halogens is 2. The maximum Gasteiger partial charge on any atom is 0.333 e. The summed E-state index contributed by atoms with van der Waals surface area (Å²) in [4.78, 5) is 105. The van der Waals surface area contributed by atoms with E-state index in [2.05, 4.69) is 31.9 Å². The van der Waals surface area contributed by atoms with Crippen LogP contribution in [0.2, 0.25) is 10.0 Å². The van der Waals surface area contributed by atoms with Gasteiger partial charge >= 0.3 is 5.97 Å². The average molecular weight is 1270 g/mol. The van der Waals surface area contributed by atoms with Crippen molar-refractivity contribution in [1.82, 2.24) is 31.9 Å². The summed E-state index contributed by atoms with van der Waals surface area (Å²) in [5, 5.41) is 83.8. The number of epoxide rings is 1. The van der Waals surface area contributed by atoms with Gasteiger partial charge in [0.1, 0.15) is 95.3 Å². The lowest BCUT2D eigenvalue weighted by atomic mass is 9.89. The molecule has 26 nitrogen and oxygen atoms in total. The molecular formula is C62H51Cl2N7O19. The Hall–Kier alpha value is -10.5. The predicted octanol–water partition coefficient (Wildman–Crippen LogP) is 5.15. The molecule has 0 spiro atoms. The molecule has 7 aliphatic heterocycles. The third kappa shape index (κ3) is 11.9. The van der Waals surface area contributed by atoms with Crippen molar-refractivity contribution >= 4 is 64.6 Å². The van der Waals surface area contributed by atoms with Crippen molar-refractivity contribution in [2.24, 2.45) is 5.73 Å². The Morgan fingerprint density at radius 1 is 0.567 bits per heavy atom. The highest BCUT2D eigenvalue weighted by atomic mass is 35.5. The molecule has 14 N–H and O–H groups in total. The van der Waals surface area contributed by atoms with Crippen LogP contribution in [0.4, 0.5) is 0 Å². The number of carbonyl (C=O) groups excluding carboxylic acids is 7. The van der Waals surface area contributed by atoms with Crippen LogP contribution in [0.25, 0.3) is 11.1 Å². The van der Waals surface area contributed by atoms with Gasteiger partial charge in [-0.25, -0.2) is 4.79 Å². The van der Waals surface area contributed by atoms with Crippen molar-refractivity contribution in [1.29, 1.82) is 0 Å². The van der Waals surface area contributed by atoms with Crippen LogP contribution in [-0.2, 0) is 49.5 Å². The normalized spacial score (nSPS) is 22.8. The van der Waals surface area contributed by atoms with E-state index in [4.69, 9.17) is 57.4 Å². The molecule has 7 aromatic rings. The number of ether oxygens (including phenoxy) is 6. The predicted molar refractivity (Wildman–Crippen MR) is 313 cm³/mol. The summed E-state index contributed by atoms with van der Waals surface area (Å²) < 4.78 is 36.1. The number of nitrogens with one attached hydrogen (secondary N) is 6. The highest BCUT2D eigenvalue weighted by molar-refractivity contribution is 6.32. The first-order valence-electron chi connectivity index (χ1n) is 27.5. The zero-order chi connectivity index (χ0) is 63.6. The summed E-state index contributed by atoms with van der Waals surface area (Å²) in [5.74, 6) is -12.4. The van der Waals surface area contributed by atoms with Crippen LogP contribution in [0.5, 0.6) is 69.0 Å². The number of phenols is 5. The number of benzene rings is 7. The lowest BCUT2D eigenvalue weighted by Gasteiger charge is -2.31. The third-order valence-electron chi connectivity index (χ3n) is 15.4. The summed E-state index contributed by atoms with van der Waals surface area (Å²) in [6, 6.07) is 9.95. The smallest absolute Gasteiger partial charge is 0.333 e. The van der Waals surface area contributed by atoms with Gasteiger partial charge in [-0.05, 0) is 112 Å². The standard InChI is InChI=1S/C62H51Cl2N7O19/c1-85-62(84)52-35-20-31(73)21-41(76)47(35)34-14-26(4-6-39(34)74)49-58(80)71-53(61(83)70-52)54(77)27-5-9-43(37(64)15-27)90-46-18-29-17-45(55(46)87-23-33-22-86-33)89-42-8-2-24(10-36(42)63)11-38-56(78)67-50(59(81)69-51(29)60(82)68-49)28-12-30(72)19-32(13-28)88-44-16-25(3-7-40(44)75)48(65)57(79)66-38/h2-10,12-21,33,38,48-54,72-77H,11,22-23,65H2,1H3,(H,66,79)(H,67,78)(H,68,82)(H,69,81)(H,70,83)(H,71,80)/t33-,38-,48+,49-,50+,51-,52+,53+,54-/m1/s1. The average Bonchev–Trinajstić information content (AvgIpc) is 0.839. The fraction of sp³-hybridized carbons (Fsp3) is 0.210. The number of carbonyl (C=O) groups is 7. The van der Waals surface area contributed by atoms with Crippen molar-refractivity contribution < 1.29 is 92.6 Å². The van der Waals surface area contributed by atoms with E-state index in [1.165, 1.54) is 78.9 Å². The first-order chi connectivity index (χ1) is 43.1. The topological polar surface area (TPSA) is 398 Å². The molecule has 0 saturated carbocycles. The highest BCUT2D eigenvalue weighted by Gasteiger charge is 2.42. The molecule has 28 heteroatoms. The number of fused-ring (bicyclic) bond motifs is 14. The molecule has 6 amide bonds. The van der Waals surface area contributed by atoms with Gasteiger partial charge in [0.2, 0.25) is 41.2 Å². The number of nitrogens with two attached hydrogens (primary N) is 1. The molecule has 14 rings (SSSR count). The Bertz CT molecular complexity index is 4190. The van der Waals surface area contributed by atoms with Crippen molar-refractivity contribution in [3.8, 4) is 80.1 Å². The van der Waals surface area contributed by atoms with Crippen LogP contribution in [0, 0.1) is 0 Å². The third-order valence-corrected chi connectivity index (χ3v) is 16.0. The van der Waals surface area contributed by atoms with Crippen LogP contribution < -0.4 is 56.6 Å². The second kappa shape index (κ2) is 23.9. The van der Waals surface area contributed by atoms with Crippen LogP contribution in [0.15, 0.2) is 115 Å². The largest absolute Gasteiger partial charge is 0.508 e. The van der Waals surface area contributed by atoms with Gasteiger partial charge in [0, 0.05) is 35.2 Å². The van der Waals surface area contributed by atoms with E-state index in [1.54, 1.807) is 0 Å². The highest BCUT2D eigenvalue weighted by Crippen LogP contribution is 2.49. The Labute approximate surface area is 518 Å². The fourth-order valence-corrected chi connectivity index (χ4v) is 11.3. The molecule has 9 atom stereocenters. The zero-order valence-corrected chi connectivity index (χ0v) is 48.1. The fourth-order valence-electron chi connectivity index (χ4n) is 10.8. The molecule has 1 saturated heterocycles. The van der Waals surface area contributed by atoms with Crippen LogP contribution >= 0.6 is 23.2 Å². The second-order valence-corrected chi connectivity index (χ2v) is 22.3. The maximum absolute atomic E-state index is 16.0. The molecule has 7 aliphatic rings. The summed E-state index contributed by atoms with van der Waals surface area (Å²) in [6.45, 7) is 0.206. The molecule has 0 aliphatic carbocycles. The van der Waals surface area contributed by atoms with Crippen LogP contribution in [0.1, 0.15) is 75.3 Å². The molecule has 90 heavy (non-hydrogen) atoms. The minimum absolute atomic E-state index is 0.0503. The number of phenolic OH excluding ortho intramolecular Hbond substituents is 5. The number of aromatic hydroxyl groups is 5. The molecule has 0 aromatic heterocycles. The van der Waals surface area contributed by atoms with Crippen molar-refractivity contribution in [2.75, 3.05) is 20.3 Å². The van der Waals surface area contributed by atoms with Gasteiger partial charge in [-0.15, -0.1) is 0 Å². The summed E-state index contributed by atoms with van der Waals surface area (Å²) in [6.07, 6.45) is -2.80. The molecule has 462 valence electrons. The monoisotopic (exact) mass is 1270 g/mol. The van der Waals surface area contributed by atoms with Crippen molar-refractivity contribution in [2.45, 2.75) is 60.9 Å². The van der Waals surface area contributed by atoms with Gasteiger partial charge in [0.05, 0.1) is 23.8 Å². The number of amides is 6. The molecule has 7 aromatic carbocycles. The van der Waals surface area contributed by atoms with Gasteiger partial charge in [0.25, 0.3) is 0 Å². The minimum atomic E-state index is -2.13. The Morgan fingerprint density at radius 3 is 1.84 bits per heavy atom. The first-order valence-corrected chi connectivity index (χ1v) is 28.3. The first kappa shape index (κ1) is 59.8. The lowest BCUT2D eigenvalue weighted by Crippen LogP contribution is -2.55. The number of hydrogen-bond donors (Lipinski definition) is 13. The van der Waals surface area contributed by atoms with Gasteiger partial charge in [-0.1, -0.05) is 47.5 Å². The lowest BCUT2D eigenvalue weighted by molar-refractivity contribution is -0.146. The van der Waals surface area contributed by atoms with Crippen LogP contribution in [0.3, 0.4) is 0 Å². The number of esters is 1. The summed E-state index contributed by atoms with van der Waals surface area (Å²) >= 11 is 14.0. The number of methoxy groups -OCH3 is 1. The SMILES string of the molecule is COC(=O)[C@H]1NC(=O)[C@H]2NC(=O)[C@H](NC(=O)[C@@H]3NC(=O)[C@H]4NC(=O)[C@@H](Cc5ccc(c(Cl)c5)Oc5cc3cc(c5OC[C@H]3CO3)Oc3ccc(cc3Cl)[C@H]2O)NC(=O)[C@@H](N)c2ccc(O)c(c2)Oc2cc(O)cc4c2)c2ccc(O)c(c2)-c2c(O)cc(O)cc21. The van der Waals surface area contributed by atoms with E-state index >= 15 is 19.2 Å². The molecule has 1 fully saturated rings. The summed E-state index contributed by atoms with van der Waals surface area (Å²) in [7, 11) is 0.977.